The molecule has 3 N–H and O–H groups in total. The van der Waals surface area contributed by atoms with E-state index in [0.29, 0.717) is 65.4 Å². The first-order valence-electron chi connectivity index (χ1n) is 15.6. The highest BCUT2D eigenvalue weighted by atomic mass is 16.7. The van der Waals surface area contributed by atoms with Crippen LogP contribution in [0.2, 0.25) is 0 Å². The van der Waals surface area contributed by atoms with Crippen molar-refractivity contribution in [3.8, 4) is 28.7 Å². The largest absolute Gasteiger partial charge is 0.504 e. The Morgan fingerprint density at radius 2 is 1.86 bits per heavy atom. The molecule has 0 aliphatic carbocycles. The van der Waals surface area contributed by atoms with E-state index in [1.807, 2.05) is 25.8 Å². The van der Waals surface area contributed by atoms with E-state index < -0.39 is 24.4 Å². The highest BCUT2D eigenvalue weighted by molar-refractivity contribution is 5.78. The predicted octanol–water partition coefficient (Wildman–Crippen LogP) is 3.91. The number of hydrogen-bond acceptors (Lipinski definition) is 10. The van der Waals surface area contributed by atoms with Crippen molar-refractivity contribution in [2.45, 2.75) is 103 Å². The molecule has 4 heterocycles. The maximum atomic E-state index is 13.5. The monoisotopic (exact) mass is 609 g/mol. The van der Waals surface area contributed by atoms with Crippen molar-refractivity contribution >= 4 is 11.9 Å². The summed E-state index contributed by atoms with van der Waals surface area (Å²) in [7, 11) is 3.52. The number of fused-ring (bicyclic) bond motifs is 9. The molecule has 0 saturated carbocycles. The zero-order valence-corrected chi connectivity index (χ0v) is 26.4. The second kappa shape index (κ2) is 11.8. The third kappa shape index (κ3) is 4.76. The quantitative estimate of drug-likeness (QED) is 0.241. The number of phenolic OH excluding ortho intramolecular Hbond substituents is 1. The van der Waals surface area contributed by atoms with Crippen molar-refractivity contribution in [3.05, 3.63) is 39.4 Å². The van der Waals surface area contributed by atoms with E-state index in [-0.39, 0.29) is 30.5 Å². The third-order valence-corrected chi connectivity index (χ3v) is 9.81. The fourth-order valence-corrected chi connectivity index (χ4v) is 7.90. The Labute approximate surface area is 258 Å². The third-order valence-electron chi connectivity index (χ3n) is 9.81. The number of aryl methyl sites for hydroxylation is 2. The number of unbranched alkanes of at least 4 members (excludes halogenated alkanes) is 2. The summed E-state index contributed by atoms with van der Waals surface area (Å²) in [5, 5.41) is 27.1. The molecule has 0 spiro atoms. The number of nitrogens with zero attached hydrogens (tertiary/aromatic N) is 2. The number of methoxy groups -OCH3 is 1. The Bertz CT molecular complexity index is 1490. The van der Waals surface area contributed by atoms with Gasteiger partial charge in [-0.1, -0.05) is 25.8 Å². The molecule has 238 valence electrons. The molecular weight excluding hydrogens is 566 g/mol. The number of rotatable bonds is 7. The van der Waals surface area contributed by atoms with Gasteiger partial charge in [0, 0.05) is 47.7 Å². The standard InChI is InChI=1S/C33H43N3O8/c1-7-8-9-10-23(38)34-32-25-20(29(44-18(4)37)17(3)30-31(25)43-15-42-30)14-22-26-24-19(13-16(2)28(41-6)27(24)39)11-12-21(35(26)5)33(40)36(22)32/h13,21-22,26,32-33,39-40H,7-12,14-15H2,1-6H3,(H,34,38)/t21-,22?,26-,32+,33-/m0/s1. The Hall–Kier alpha value is -3.54. The number of esters is 1. The van der Waals surface area contributed by atoms with Gasteiger partial charge in [-0.2, -0.15) is 0 Å². The number of likely N-dealkylation sites (N-methyl/N-ethyl adjacent to an activating group) is 1. The van der Waals surface area contributed by atoms with Gasteiger partial charge in [-0.05, 0) is 57.7 Å². The van der Waals surface area contributed by atoms with Gasteiger partial charge in [0.2, 0.25) is 12.7 Å². The van der Waals surface area contributed by atoms with E-state index in [2.05, 4.69) is 23.2 Å². The van der Waals surface area contributed by atoms with Crippen LogP contribution in [-0.4, -0.2) is 71.2 Å². The number of ether oxygens (including phenoxy) is 4. The van der Waals surface area contributed by atoms with E-state index in [0.717, 1.165) is 36.0 Å². The van der Waals surface area contributed by atoms with E-state index >= 15 is 0 Å². The van der Waals surface area contributed by atoms with Crippen molar-refractivity contribution in [1.29, 1.82) is 0 Å². The molecule has 0 radical (unpaired) electrons. The summed E-state index contributed by atoms with van der Waals surface area (Å²) in [4.78, 5) is 30.0. The predicted molar refractivity (Wildman–Crippen MR) is 161 cm³/mol. The topological polar surface area (TPSA) is 130 Å². The number of carbonyl (C=O) groups excluding carboxylic acids is 2. The second-order valence-corrected chi connectivity index (χ2v) is 12.4. The van der Waals surface area contributed by atoms with Crippen LogP contribution in [0.4, 0.5) is 0 Å². The fourth-order valence-electron chi connectivity index (χ4n) is 7.90. The zero-order chi connectivity index (χ0) is 31.4. The van der Waals surface area contributed by atoms with Crippen LogP contribution in [0.15, 0.2) is 6.07 Å². The minimum absolute atomic E-state index is 0.0103. The Morgan fingerprint density at radius 1 is 1.11 bits per heavy atom. The average Bonchev–Trinajstić information content (AvgIpc) is 3.42. The molecular formula is C33H43N3O8. The molecule has 11 heteroatoms. The van der Waals surface area contributed by atoms with Gasteiger partial charge in [0.1, 0.15) is 18.1 Å². The van der Waals surface area contributed by atoms with Crippen LogP contribution in [-0.2, 0) is 22.4 Å². The minimum Gasteiger partial charge on any atom is -0.504 e. The molecule has 1 saturated heterocycles. The molecule has 1 amide bonds. The summed E-state index contributed by atoms with van der Waals surface area (Å²) < 4.78 is 23.4. The first kappa shape index (κ1) is 30.5. The summed E-state index contributed by atoms with van der Waals surface area (Å²) in [6.45, 7) is 7.18. The number of phenols is 1. The summed E-state index contributed by atoms with van der Waals surface area (Å²) in [6.07, 6.45) is 2.89. The first-order valence-corrected chi connectivity index (χ1v) is 15.6. The van der Waals surface area contributed by atoms with Crippen LogP contribution in [0.1, 0.15) is 91.5 Å². The van der Waals surface area contributed by atoms with Crippen molar-refractivity contribution in [2.75, 3.05) is 21.0 Å². The molecule has 2 bridgehead atoms. The van der Waals surface area contributed by atoms with Crippen molar-refractivity contribution < 1.29 is 38.7 Å². The maximum Gasteiger partial charge on any atom is 0.308 e. The van der Waals surface area contributed by atoms with Gasteiger partial charge in [-0.15, -0.1) is 0 Å². The lowest BCUT2D eigenvalue weighted by Gasteiger charge is -2.57. The first-order chi connectivity index (χ1) is 21.1. The van der Waals surface area contributed by atoms with Gasteiger partial charge in [0.15, 0.2) is 23.0 Å². The number of benzene rings is 2. The van der Waals surface area contributed by atoms with Crippen LogP contribution >= 0.6 is 0 Å². The molecule has 1 fully saturated rings. The van der Waals surface area contributed by atoms with Gasteiger partial charge in [-0.3, -0.25) is 14.5 Å². The van der Waals surface area contributed by atoms with Gasteiger partial charge in [0.25, 0.3) is 0 Å². The second-order valence-electron chi connectivity index (χ2n) is 12.4. The Kier molecular flexibility index (Phi) is 8.15. The highest BCUT2D eigenvalue weighted by Gasteiger charge is 2.55. The summed E-state index contributed by atoms with van der Waals surface area (Å²) in [5.41, 5.74) is 4.57. The van der Waals surface area contributed by atoms with Crippen molar-refractivity contribution in [2.24, 2.45) is 0 Å². The van der Waals surface area contributed by atoms with Crippen LogP contribution in [0, 0.1) is 13.8 Å². The summed E-state index contributed by atoms with van der Waals surface area (Å²) in [5.74, 6) is 1.21. The van der Waals surface area contributed by atoms with E-state index in [4.69, 9.17) is 18.9 Å². The van der Waals surface area contributed by atoms with Crippen LogP contribution in [0.25, 0.3) is 0 Å². The highest BCUT2D eigenvalue weighted by Crippen LogP contribution is 2.57. The molecule has 2 aromatic carbocycles. The zero-order valence-electron chi connectivity index (χ0n) is 26.4. The fraction of sp³-hybridized carbons (Fsp3) is 0.576. The Morgan fingerprint density at radius 3 is 2.57 bits per heavy atom. The van der Waals surface area contributed by atoms with Gasteiger partial charge < -0.3 is 34.5 Å². The molecule has 5 atom stereocenters. The smallest absolute Gasteiger partial charge is 0.308 e. The van der Waals surface area contributed by atoms with Crippen LogP contribution in [0.3, 0.4) is 0 Å². The number of hydrogen-bond donors (Lipinski definition) is 3. The molecule has 0 aromatic heterocycles. The number of aromatic hydroxyl groups is 1. The normalized spacial score (nSPS) is 25.4. The van der Waals surface area contributed by atoms with Crippen molar-refractivity contribution in [3.63, 3.8) is 0 Å². The number of piperazine rings is 1. The lowest BCUT2D eigenvalue weighted by molar-refractivity contribution is -0.174. The van der Waals surface area contributed by atoms with Gasteiger partial charge >= 0.3 is 5.97 Å². The lowest BCUT2D eigenvalue weighted by atomic mass is 9.79. The van der Waals surface area contributed by atoms with E-state index in [1.54, 1.807) is 7.11 Å². The molecule has 4 aliphatic rings. The minimum atomic E-state index is -0.953. The van der Waals surface area contributed by atoms with Crippen LogP contribution in [0.5, 0.6) is 28.7 Å². The van der Waals surface area contributed by atoms with Gasteiger partial charge in [0.05, 0.1) is 13.2 Å². The van der Waals surface area contributed by atoms with Gasteiger partial charge in [-0.25, -0.2) is 4.90 Å². The summed E-state index contributed by atoms with van der Waals surface area (Å²) >= 11 is 0. The maximum absolute atomic E-state index is 13.5. The number of amides is 1. The molecule has 4 aliphatic heterocycles. The molecule has 6 rings (SSSR count). The number of aliphatic hydroxyl groups is 1. The van der Waals surface area contributed by atoms with E-state index in [1.165, 1.54) is 6.92 Å². The van der Waals surface area contributed by atoms with E-state index in [9.17, 15) is 19.8 Å². The number of nitrogens with one attached hydrogen (secondary N) is 1. The molecule has 1 unspecified atom stereocenters. The average molecular weight is 610 g/mol. The summed E-state index contributed by atoms with van der Waals surface area (Å²) in [6, 6.07) is 0.969. The number of aliphatic hydroxyl groups excluding tert-OH is 1. The molecule has 2 aromatic rings. The molecule has 11 nitrogen and oxygen atoms in total. The van der Waals surface area contributed by atoms with Crippen molar-refractivity contribution in [1.82, 2.24) is 15.1 Å². The Balaban J connectivity index is 1.58. The number of carbonyl (C=O) groups is 2. The van der Waals surface area contributed by atoms with Crippen LogP contribution < -0.4 is 24.3 Å². The molecule has 44 heavy (non-hydrogen) atoms. The SMILES string of the molecule is CCCCCC(=O)N[C@H]1c2c(c(OC(C)=O)c(C)c3c2OCO3)CC2[C@H]3c4c(cc(C)c(OC)c4O)CC[C@@H]([C@H](O)N21)N3C. The lowest BCUT2D eigenvalue weighted by Crippen LogP contribution is -2.68.